The van der Waals surface area contributed by atoms with Gasteiger partial charge in [0.05, 0.1) is 18.2 Å². The van der Waals surface area contributed by atoms with Gasteiger partial charge in [0.1, 0.15) is 5.75 Å². The molecule has 0 amide bonds. The molecule has 1 rings (SSSR count). The summed E-state index contributed by atoms with van der Waals surface area (Å²) in [6.07, 6.45) is 0.0243. The molecular weight excluding hydrogens is 228 g/mol. The van der Waals surface area contributed by atoms with E-state index in [1.807, 2.05) is 6.92 Å². The molecule has 0 fully saturated rings. The predicted molar refractivity (Wildman–Crippen MR) is 64.1 cm³/mol. The molecule has 1 N–H and O–H groups in total. The van der Waals surface area contributed by atoms with Crippen LogP contribution in [0.5, 0.6) is 5.75 Å². The molecule has 0 spiro atoms. The summed E-state index contributed by atoms with van der Waals surface area (Å²) >= 11 is 5.90. The zero-order valence-electron chi connectivity index (χ0n) is 9.57. The van der Waals surface area contributed by atoms with Crippen molar-refractivity contribution in [3.63, 3.8) is 0 Å². The SMILES string of the molecule is CCOCCC(O)c1ccc(Cl)c(OC)c1. The lowest BCUT2D eigenvalue weighted by atomic mass is 10.1. The maximum atomic E-state index is 9.88. The van der Waals surface area contributed by atoms with Gasteiger partial charge >= 0.3 is 0 Å². The molecule has 0 aliphatic rings. The van der Waals surface area contributed by atoms with Crippen LogP contribution in [0.1, 0.15) is 25.0 Å². The highest BCUT2D eigenvalue weighted by Gasteiger charge is 2.10. The van der Waals surface area contributed by atoms with Crippen LogP contribution < -0.4 is 4.74 Å². The molecule has 3 nitrogen and oxygen atoms in total. The number of hydrogen-bond acceptors (Lipinski definition) is 3. The van der Waals surface area contributed by atoms with Crippen molar-refractivity contribution in [2.45, 2.75) is 19.4 Å². The van der Waals surface area contributed by atoms with E-state index in [0.29, 0.717) is 30.4 Å². The Kier molecular flexibility index (Phi) is 5.60. The van der Waals surface area contributed by atoms with Crippen LogP contribution in [0.15, 0.2) is 18.2 Å². The molecule has 0 aliphatic carbocycles. The Labute approximate surface area is 101 Å². The summed E-state index contributed by atoms with van der Waals surface area (Å²) in [5.74, 6) is 0.578. The molecule has 0 saturated carbocycles. The first-order valence-corrected chi connectivity index (χ1v) is 5.66. The fourth-order valence-electron chi connectivity index (χ4n) is 1.39. The molecule has 90 valence electrons. The molecule has 16 heavy (non-hydrogen) atoms. The van der Waals surface area contributed by atoms with E-state index < -0.39 is 6.10 Å². The van der Waals surface area contributed by atoms with Gasteiger partial charge in [0.2, 0.25) is 0 Å². The van der Waals surface area contributed by atoms with Crippen molar-refractivity contribution >= 4 is 11.6 Å². The quantitative estimate of drug-likeness (QED) is 0.782. The van der Waals surface area contributed by atoms with Crippen LogP contribution in [0.3, 0.4) is 0 Å². The number of ether oxygens (including phenoxy) is 2. The topological polar surface area (TPSA) is 38.7 Å². The van der Waals surface area contributed by atoms with E-state index in [1.54, 1.807) is 25.3 Å². The summed E-state index contributed by atoms with van der Waals surface area (Å²) in [5, 5.41) is 10.4. The van der Waals surface area contributed by atoms with E-state index in [-0.39, 0.29) is 0 Å². The van der Waals surface area contributed by atoms with Crippen LogP contribution >= 0.6 is 11.6 Å². The van der Waals surface area contributed by atoms with Crippen LogP contribution in [0.25, 0.3) is 0 Å². The first-order valence-electron chi connectivity index (χ1n) is 5.28. The van der Waals surface area contributed by atoms with Gasteiger partial charge < -0.3 is 14.6 Å². The number of aliphatic hydroxyl groups is 1. The largest absolute Gasteiger partial charge is 0.495 e. The third-order valence-electron chi connectivity index (χ3n) is 2.30. The molecule has 1 aromatic carbocycles. The smallest absolute Gasteiger partial charge is 0.137 e. The van der Waals surface area contributed by atoms with Crippen LogP contribution in [0.2, 0.25) is 5.02 Å². The Bertz CT molecular complexity index is 328. The molecule has 0 bridgehead atoms. The number of methoxy groups -OCH3 is 1. The van der Waals surface area contributed by atoms with Gasteiger partial charge in [-0.05, 0) is 24.6 Å². The third-order valence-corrected chi connectivity index (χ3v) is 2.61. The van der Waals surface area contributed by atoms with E-state index in [4.69, 9.17) is 21.1 Å². The second-order valence-electron chi connectivity index (χ2n) is 3.40. The highest BCUT2D eigenvalue weighted by Crippen LogP contribution is 2.28. The highest BCUT2D eigenvalue weighted by molar-refractivity contribution is 6.32. The van der Waals surface area contributed by atoms with Gasteiger partial charge in [0, 0.05) is 19.6 Å². The van der Waals surface area contributed by atoms with E-state index in [2.05, 4.69) is 0 Å². The lowest BCUT2D eigenvalue weighted by Crippen LogP contribution is -2.03. The normalized spacial score (nSPS) is 12.5. The van der Waals surface area contributed by atoms with E-state index >= 15 is 0 Å². The molecule has 1 aromatic rings. The minimum absolute atomic E-state index is 0.544. The number of aliphatic hydroxyl groups excluding tert-OH is 1. The Morgan fingerprint density at radius 1 is 1.44 bits per heavy atom. The van der Waals surface area contributed by atoms with Crippen LogP contribution in [0, 0.1) is 0 Å². The minimum atomic E-state index is -0.544. The molecule has 0 heterocycles. The first-order chi connectivity index (χ1) is 7.69. The summed E-state index contributed by atoms with van der Waals surface area (Å²) < 4.78 is 10.3. The molecule has 0 saturated heterocycles. The van der Waals surface area contributed by atoms with Gasteiger partial charge in [0.25, 0.3) is 0 Å². The zero-order valence-corrected chi connectivity index (χ0v) is 10.3. The van der Waals surface area contributed by atoms with Crippen LogP contribution in [-0.2, 0) is 4.74 Å². The van der Waals surface area contributed by atoms with Gasteiger partial charge in [0.15, 0.2) is 0 Å². The average molecular weight is 245 g/mol. The second-order valence-corrected chi connectivity index (χ2v) is 3.80. The van der Waals surface area contributed by atoms with Crippen molar-refractivity contribution in [2.75, 3.05) is 20.3 Å². The van der Waals surface area contributed by atoms with Gasteiger partial charge in [-0.3, -0.25) is 0 Å². The number of hydrogen-bond donors (Lipinski definition) is 1. The lowest BCUT2D eigenvalue weighted by Gasteiger charge is -2.12. The molecule has 1 unspecified atom stereocenters. The summed E-state index contributed by atoms with van der Waals surface area (Å²) in [5.41, 5.74) is 0.793. The maximum absolute atomic E-state index is 9.88. The molecule has 4 heteroatoms. The number of halogens is 1. The van der Waals surface area contributed by atoms with Gasteiger partial charge in [-0.1, -0.05) is 17.7 Å². The predicted octanol–water partition coefficient (Wildman–Crippen LogP) is 2.81. The van der Waals surface area contributed by atoms with Crippen LogP contribution in [-0.4, -0.2) is 25.4 Å². The lowest BCUT2D eigenvalue weighted by molar-refractivity contribution is 0.0885. The second kappa shape index (κ2) is 6.74. The summed E-state index contributed by atoms with van der Waals surface area (Å²) in [7, 11) is 1.55. The van der Waals surface area contributed by atoms with Crippen molar-refractivity contribution in [1.82, 2.24) is 0 Å². The average Bonchev–Trinajstić information content (AvgIpc) is 2.30. The maximum Gasteiger partial charge on any atom is 0.137 e. The Morgan fingerprint density at radius 2 is 2.19 bits per heavy atom. The van der Waals surface area contributed by atoms with Crippen LogP contribution in [0.4, 0.5) is 0 Å². The van der Waals surface area contributed by atoms with Gasteiger partial charge in [-0.15, -0.1) is 0 Å². The first kappa shape index (κ1) is 13.3. The summed E-state index contributed by atoms with van der Waals surface area (Å²) in [6, 6.07) is 5.26. The van der Waals surface area contributed by atoms with Gasteiger partial charge in [-0.2, -0.15) is 0 Å². The fraction of sp³-hybridized carbons (Fsp3) is 0.500. The summed E-state index contributed by atoms with van der Waals surface area (Å²) in [4.78, 5) is 0. The van der Waals surface area contributed by atoms with Crippen molar-refractivity contribution in [1.29, 1.82) is 0 Å². The van der Waals surface area contributed by atoms with E-state index in [0.717, 1.165) is 5.56 Å². The van der Waals surface area contributed by atoms with E-state index in [1.165, 1.54) is 0 Å². The fourth-order valence-corrected chi connectivity index (χ4v) is 1.58. The highest BCUT2D eigenvalue weighted by atomic mass is 35.5. The third kappa shape index (κ3) is 3.67. The molecule has 1 atom stereocenters. The molecule has 0 aliphatic heterocycles. The minimum Gasteiger partial charge on any atom is -0.495 e. The van der Waals surface area contributed by atoms with E-state index in [9.17, 15) is 5.11 Å². The molecule has 0 radical (unpaired) electrons. The van der Waals surface area contributed by atoms with Crippen molar-refractivity contribution in [2.24, 2.45) is 0 Å². The Balaban J connectivity index is 2.64. The molecule has 0 aromatic heterocycles. The number of rotatable bonds is 6. The number of benzene rings is 1. The Morgan fingerprint density at radius 3 is 2.81 bits per heavy atom. The monoisotopic (exact) mass is 244 g/mol. The zero-order chi connectivity index (χ0) is 12.0. The molecular formula is C12H17ClO3. The van der Waals surface area contributed by atoms with Crippen molar-refractivity contribution in [3.05, 3.63) is 28.8 Å². The van der Waals surface area contributed by atoms with Crippen molar-refractivity contribution in [3.8, 4) is 5.75 Å². The summed E-state index contributed by atoms with van der Waals surface area (Å²) in [6.45, 7) is 3.14. The van der Waals surface area contributed by atoms with Crippen molar-refractivity contribution < 1.29 is 14.6 Å². The Hall–Kier alpha value is -0.770. The standard InChI is InChI=1S/C12H17ClO3/c1-3-16-7-6-11(14)9-4-5-10(13)12(8-9)15-2/h4-5,8,11,14H,3,6-7H2,1-2H3. The van der Waals surface area contributed by atoms with Gasteiger partial charge in [-0.25, -0.2) is 0 Å².